The number of ether oxygens (including phenoxy) is 2. The summed E-state index contributed by atoms with van der Waals surface area (Å²) in [6.45, 7) is 0.727. The Morgan fingerprint density at radius 3 is 2.29 bits per heavy atom. The number of methoxy groups -OCH3 is 2. The molecule has 0 aliphatic carbocycles. The molecule has 0 aromatic heterocycles. The van der Waals surface area contributed by atoms with Gasteiger partial charge in [-0.15, -0.1) is 0 Å². The second-order valence-corrected chi connectivity index (χ2v) is 7.29. The Balaban J connectivity index is 1.53. The Bertz CT molecular complexity index is 1090. The lowest BCUT2D eigenvalue weighted by Gasteiger charge is -2.16. The molecule has 1 N–H and O–H groups in total. The van der Waals surface area contributed by atoms with Gasteiger partial charge in [0, 0.05) is 35.5 Å². The third-order valence-corrected chi connectivity index (χ3v) is 5.37. The molecule has 158 valence electrons. The van der Waals surface area contributed by atoms with Gasteiger partial charge in [0.25, 0.3) is 5.91 Å². The molecule has 0 unspecified atom stereocenters. The normalized spacial score (nSPS) is 13.2. The molecular formula is C25H24N2O4. The summed E-state index contributed by atoms with van der Waals surface area (Å²) in [4.78, 5) is 26.4. The minimum Gasteiger partial charge on any atom is -0.497 e. The number of carbonyl (C=O) groups is 2. The second-order valence-electron chi connectivity index (χ2n) is 7.29. The number of nitrogens with one attached hydrogen (secondary N) is 1. The van der Waals surface area contributed by atoms with E-state index in [9.17, 15) is 9.59 Å². The van der Waals surface area contributed by atoms with Crippen LogP contribution in [0.25, 0.3) is 11.1 Å². The molecule has 3 aromatic rings. The van der Waals surface area contributed by atoms with E-state index in [2.05, 4.69) is 5.32 Å². The fourth-order valence-corrected chi connectivity index (χ4v) is 3.70. The van der Waals surface area contributed by atoms with Crippen molar-refractivity contribution in [3.8, 4) is 22.6 Å². The highest BCUT2D eigenvalue weighted by molar-refractivity contribution is 6.05. The molecule has 0 bridgehead atoms. The van der Waals surface area contributed by atoms with Crippen LogP contribution in [-0.4, -0.2) is 32.6 Å². The molecule has 1 fully saturated rings. The van der Waals surface area contributed by atoms with E-state index in [1.807, 2.05) is 48.5 Å². The Hall–Kier alpha value is -3.80. The third kappa shape index (κ3) is 4.38. The predicted octanol–water partition coefficient (Wildman–Crippen LogP) is 4.75. The van der Waals surface area contributed by atoms with Gasteiger partial charge in [0.05, 0.1) is 14.2 Å². The van der Waals surface area contributed by atoms with E-state index in [4.69, 9.17) is 9.47 Å². The molecule has 31 heavy (non-hydrogen) atoms. The number of benzene rings is 3. The molecule has 2 amide bonds. The fraction of sp³-hybridized carbons (Fsp3) is 0.200. The smallest absolute Gasteiger partial charge is 0.255 e. The quantitative estimate of drug-likeness (QED) is 0.630. The van der Waals surface area contributed by atoms with E-state index in [0.29, 0.717) is 23.4 Å². The van der Waals surface area contributed by atoms with Crippen LogP contribution < -0.4 is 19.7 Å². The first-order chi connectivity index (χ1) is 15.1. The summed E-state index contributed by atoms with van der Waals surface area (Å²) in [5.41, 5.74) is 3.83. The molecule has 1 heterocycles. The standard InChI is InChI=1S/C25H24N2O4/c1-30-21-12-7-17(8-13-21)22-16-19(9-14-23(22)31-2)26-25(29)18-5-10-20(11-6-18)27-15-3-4-24(27)28/h5-14,16H,3-4,15H2,1-2H3,(H,26,29). The topological polar surface area (TPSA) is 67.9 Å². The van der Waals surface area contributed by atoms with E-state index in [-0.39, 0.29) is 11.8 Å². The van der Waals surface area contributed by atoms with Gasteiger partial charge in [-0.2, -0.15) is 0 Å². The van der Waals surface area contributed by atoms with Crippen molar-refractivity contribution in [3.63, 3.8) is 0 Å². The van der Waals surface area contributed by atoms with E-state index in [0.717, 1.165) is 35.5 Å². The van der Waals surface area contributed by atoms with Crippen molar-refractivity contribution in [3.05, 3.63) is 72.3 Å². The van der Waals surface area contributed by atoms with Crippen LogP contribution in [0.3, 0.4) is 0 Å². The van der Waals surface area contributed by atoms with Crippen LogP contribution in [0.5, 0.6) is 11.5 Å². The highest BCUT2D eigenvalue weighted by Gasteiger charge is 2.21. The zero-order valence-corrected chi connectivity index (χ0v) is 17.6. The lowest BCUT2D eigenvalue weighted by molar-refractivity contribution is -0.117. The van der Waals surface area contributed by atoms with E-state index in [1.165, 1.54) is 0 Å². The fourth-order valence-electron chi connectivity index (χ4n) is 3.70. The Labute approximate surface area is 181 Å². The minimum absolute atomic E-state index is 0.126. The van der Waals surface area contributed by atoms with Crippen molar-refractivity contribution in [2.45, 2.75) is 12.8 Å². The van der Waals surface area contributed by atoms with Gasteiger partial charge in [-0.05, 0) is 66.6 Å². The highest BCUT2D eigenvalue weighted by atomic mass is 16.5. The molecule has 4 rings (SSSR count). The number of anilines is 2. The second kappa shape index (κ2) is 8.92. The summed E-state index contributed by atoms with van der Waals surface area (Å²) in [6.07, 6.45) is 1.45. The molecule has 0 saturated carbocycles. The third-order valence-electron chi connectivity index (χ3n) is 5.37. The van der Waals surface area contributed by atoms with Gasteiger partial charge < -0.3 is 19.7 Å². The molecule has 6 nitrogen and oxygen atoms in total. The average molecular weight is 416 g/mol. The maximum absolute atomic E-state index is 12.8. The van der Waals surface area contributed by atoms with Gasteiger partial charge in [0.2, 0.25) is 5.91 Å². The lowest BCUT2D eigenvalue weighted by Crippen LogP contribution is -2.23. The summed E-state index contributed by atoms with van der Waals surface area (Å²) < 4.78 is 10.7. The van der Waals surface area contributed by atoms with Crippen molar-refractivity contribution in [1.82, 2.24) is 0 Å². The van der Waals surface area contributed by atoms with Crippen LogP contribution in [0, 0.1) is 0 Å². The van der Waals surface area contributed by atoms with E-state index < -0.39 is 0 Å². The summed E-state index contributed by atoms with van der Waals surface area (Å²) in [5.74, 6) is 1.39. The van der Waals surface area contributed by atoms with Gasteiger partial charge >= 0.3 is 0 Å². The van der Waals surface area contributed by atoms with Crippen LogP contribution in [0.15, 0.2) is 66.7 Å². The van der Waals surface area contributed by atoms with Crippen LogP contribution in [0.1, 0.15) is 23.2 Å². The SMILES string of the molecule is COc1ccc(-c2cc(NC(=O)c3ccc(N4CCCC4=O)cc3)ccc2OC)cc1. The van der Waals surface area contributed by atoms with Crippen molar-refractivity contribution in [1.29, 1.82) is 0 Å². The molecule has 1 aliphatic heterocycles. The van der Waals surface area contributed by atoms with Gasteiger partial charge in [-0.1, -0.05) is 12.1 Å². The summed E-state index contributed by atoms with van der Waals surface area (Å²) in [5, 5.41) is 2.94. The van der Waals surface area contributed by atoms with Crippen molar-refractivity contribution in [2.75, 3.05) is 31.0 Å². The maximum atomic E-state index is 12.8. The Morgan fingerprint density at radius 1 is 0.935 bits per heavy atom. The number of amides is 2. The first-order valence-corrected chi connectivity index (χ1v) is 10.1. The van der Waals surface area contributed by atoms with Crippen molar-refractivity contribution < 1.29 is 19.1 Å². The summed E-state index contributed by atoms with van der Waals surface area (Å²) >= 11 is 0. The molecular weight excluding hydrogens is 392 g/mol. The van der Waals surface area contributed by atoms with E-state index in [1.54, 1.807) is 37.3 Å². The Kier molecular flexibility index (Phi) is 5.89. The van der Waals surface area contributed by atoms with Gasteiger partial charge in [0.1, 0.15) is 11.5 Å². The van der Waals surface area contributed by atoms with Gasteiger partial charge in [0.15, 0.2) is 0 Å². The summed E-state index contributed by atoms with van der Waals surface area (Å²) in [7, 11) is 3.24. The minimum atomic E-state index is -0.217. The van der Waals surface area contributed by atoms with Gasteiger partial charge in [-0.25, -0.2) is 0 Å². The number of nitrogens with zero attached hydrogens (tertiary/aromatic N) is 1. The molecule has 1 saturated heterocycles. The molecule has 1 aliphatic rings. The molecule has 0 atom stereocenters. The number of hydrogen-bond acceptors (Lipinski definition) is 4. The molecule has 0 radical (unpaired) electrons. The molecule has 0 spiro atoms. The number of hydrogen-bond donors (Lipinski definition) is 1. The predicted molar refractivity (Wildman–Crippen MR) is 121 cm³/mol. The average Bonchev–Trinajstić information content (AvgIpc) is 3.25. The first-order valence-electron chi connectivity index (χ1n) is 10.1. The van der Waals surface area contributed by atoms with Crippen LogP contribution in [0.4, 0.5) is 11.4 Å². The van der Waals surface area contributed by atoms with E-state index >= 15 is 0 Å². The monoisotopic (exact) mass is 416 g/mol. The number of rotatable bonds is 6. The van der Waals surface area contributed by atoms with Crippen molar-refractivity contribution >= 4 is 23.2 Å². The summed E-state index contributed by atoms with van der Waals surface area (Å²) in [6, 6.07) is 20.3. The molecule has 3 aromatic carbocycles. The van der Waals surface area contributed by atoms with Crippen LogP contribution in [-0.2, 0) is 4.79 Å². The van der Waals surface area contributed by atoms with Crippen LogP contribution >= 0.6 is 0 Å². The number of carbonyl (C=O) groups excluding carboxylic acids is 2. The van der Waals surface area contributed by atoms with Gasteiger partial charge in [-0.3, -0.25) is 9.59 Å². The van der Waals surface area contributed by atoms with Crippen molar-refractivity contribution in [2.24, 2.45) is 0 Å². The Morgan fingerprint density at radius 2 is 1.68 bits per heavy atom. The van der Waals surface area contributed by atoms with Crippen LogP contribution in [0.2, 0.25) is 0 Å². The lowest BCUT2D eigenvalue weighted by atomic mass is 10.0. The molecule has 6 heteroatoms. The highest BCUT2D eigenvalue weighted by Crippen LogP contribution is 2.33. The zero-order chi connectivity index (χ0) is 21.8. The largest absolute Gasteiger partial charge is 0.497 e. The first kappa shape index (κ1) is 20.5. The maximum Gasteiger partial charge on any atom is 0.255 e. The zero-order valence-electron chi connectivity index (χ0n) is 17.6.